The molecule has 1 fully saturated rings. The number of pyridine rings is 1. The quantitative estimate of drug-likeness (QED) is 0.206. The lowest BCUT2D eigenvalue weighted by Gasteiger charge is -2.30. The van der Waals surface area contributed by atoms with Crippen molar-refractivity contribution < 1.29 is 53.5 Å². The van der Waals surface area contributed by atoms with E-state index in [1.165, 1.54) is 6.92 Å². The van der Waals surface area contributed by atoms with Gasteiger partial charge in [0, 0.05) is 34.5 Å². The highest BCUT2D eigenvalue weighted by atomic mass is 32.2. The van der Waals surface area contributed by atoms with Crippen LogP contribution in [0.5, 0.6) is 0 Å². The Kier molecular flexibility index (Phi) is 9.46. The first-order valence-corrected chi connectivity index (χ1v) is 14.7. The third-order valence-electron chi connectivity index (χ3n) is 6.49. The molecule has 1 unspecified atom stereocenters. The van der Waals surface area contributed by atoms with Crippen molar-refractivity contribution in [1.29, 1.82) is 0 Å². The van der Waals surface area contributed by atoms with E-state index in [0.717, 1.165) is 42.7 Å². The number of carbonyl (C=O) groups excluding carboxylic acids is 1. The van der Waals surface area contributed by atoms with Crippen LogP contribution in [-0.2, 0) is 36.6 Å². The minimum Gasteiger partial charge on any atom is -0.309 e. The van der Waals surface area contributed by atoms with E-state index in [9.17, 15) is 44.1 Å². The second-order valence-corrected chi connectivity index (χ2v) is 11.9. The van der Waals surface area contributed by atoms with Crippen LogP contribution in [0.15, 0.2) is 53.8 Å². The zero-order valence-corrected chi connectivity index (χ0v) is 23.5. The number of benzene rings is 1. The van der Waals surface area contributed by atoms with Gasteiger partial charge in [0.15, 0.2) is 6.73 Å². The molecule has 43 heavy (non-hydrogen) atoms. The van der Waals surface area contributed by atoms with E-state index < -0.39 is 90.7 Å². The van der Waals surface area contributed by atoms with Gasteiger partial charge in [-0.1, -0.05) is 4.52 Å². The maximum Gasteiger partial charge on any atom is 0.696 e. The van der Waals surface area contributed by atoms with E-state index in [4.69, 9.17) is 4.89 Å². The van der Waals surface area contributed by atoms with E-state index >= 15 is 0 Å². The predicted octanol–water partition coefficient (Wildman–Crippen LogP) is 3.98. The van der Waals surface area contributed by atoms with E-state index in [2.05, 4.69) is 19.5 Å². The van der Waals surface area contributed by atoms with Crippen molar-refractivity contribution in [1.82, 2.24) is 24.2 Å². The predicted molar refractivity (Wildman–Crippen MR) is 135 cm³/mol. The van der Waals surface area contributed by atoms with Crippen molar-refractivity contribution in [3.05, 3.63) is 71.9 Å². The summed E-state index contributed by atoms with van der Waals surface area (Å²) in [5.74, 6) is -4.30. The van der Waals surface area contributed by atoms with Gasteiger partial charge in [-0.05, 0) is 37.3 Å². The lowest BCUT2D eigenvalue weighted by molar-refractivity contribution is -0.145. The molecule has 19 heteroatoms. The van der Waals surface area contributed by atoms with Crippen molar-refractivity contribution in [3.63, 3.8) is 0 Å². The van der Waals surface area contributed by atoms with E-state index in [0.29, 0.717) is 15.4 Å². The van der Waals surface area contributed by atoms with Gasteiger partial charge in [0.25, 0.3) is 0 Å². The number of hydrogen-bond donors (Lipinski definition) is 1. The SMILES string of the molecule is C[C@H]1[C@H](F)C[C@@H](C(=O)N(CO[P+](=O)O)Cc2cc(-c3cnc(C(F)(F)F)nc3)ncc2F)N1S(=O)(=O)c1ccc(F)cc1. The highest BCUT2D eigenvalue weighted by Gasteiger charge is 2.50. The van der Waals surface area contributed by atoms with Gasteiger partial charge in [-0.2, -0.15) is 17.5 Å². The van der Waals surface area contributed by atoms with Crippen molar-refractivity contribution in [2.45, 2.75) is 49.2 Å². The summed E-state index contributed by atoms with van der Waals surface area (Å²) in [6, 6.07) is 1.56. The minimum absolute atomic E-state index is 0.0525. The topological polar surface area (TPSA) is 143 Å². The molecule has 1 saturated heterocycles. The first-order chi connectivity index (χ1) is 20.1. The lowest BCUT2D eigenvalue weighted by Crippen LogP contribution is -2.50. The smallest absolute Gasteiger partial charge is 0.309 e. The lowest BCUT2D eigenvalue weighted by atomic mass is 10.1. The molecule has 1 N–H and O–H groups in total. The number of sulfonamides is 1. The molecule has 1 amide bonds. The molecular weight excluding hydrogens is 631 g/mol. The summed E-state index contributed by atoms with van der Waals surface area (Å²) in [5, 5.41) is 0. The Balaban J connectivity index is 1.67. The maximum atomic E-state index is 14.9. The number of carbonyl (C=O) groups is 1. The highest BCUT2D eigenvalue weighted by Crippen LogP contribution is 2.35. The Morgan fingerprint density at radius 2 is 1.77 bits per heavy atom. The average molecular weight is 652 g/mol. The highest BCUT2D eigenvalue weighted by molar-refractivity contribution is 7.89. The van der Waals surface area contributed by atoms with Gasteiger partial charge in [-0.25, -0.2) is 31.6 Å². The summed E-state index contributed by atoms with van der Waals surface area (Å²) in [6.07, 6.45) is -4.99. The van der Waals surface area contributed by atoms with Crippen LogP contribution in [0.2, 0.25) is 0 Å². The normalized spacial score (nSPS) is 19.8. The largest absolute Gasteiger partial charge is 0.696 e. The molecule has 1 aromatic carbocycles. The number of hydrogen-bond acceptors (Lipinski definition) is 8. The first kappa shape index (κ1) is 32.3. The molecule has 1 aliphatic rings. The molecule has 0 saturated carbocycles. The van der Waals surface area contributed by atoms with Crippen molar-refractivity contribution in [2.75, 3.05) is 6.73 Å². The molecule has 1 aliphatic heterocycles. The fourth-order valence-electron chi connectivity index (χ4n) is 4.37. The van der Waals surface area contributed by atoms with Crippen molar-refractivity contribution in [3.8, 4) is 11.3 Å². The molecular formula is C24H21F6N5O6PS+. The summed E-state index contributed by atoms with van der Waals surface area (Å²) in [5.41, 5.74) is -0.473. The van der Waals surface area contributed by atoms with Crippen LogP contribution in [-0.4, -0.2) is 68.4 Å². The summed E-state index contributed by atoms with van der Waals surface area (Å²) >= 11 is 0. The third kappa shape index (κ3) is 7.15. The van der Waals surface area contributed by atoms with Crippen molar-refractivity contribution in [2.24, 2.45) is 0 Å². The molecule has 0 spiro atoms. The number of amides is 1. The molecule has 0 radical (unpaired) electrons. The van der Waals surface area contributed by atoms with Gasteiger partial charge in [-0.15, -0.1) is 4.89 Å². The maximum absolute atomic E-state index is 14.9. The number of rotatable bonds is 9. The summed E-state index contributed by atoms with van der Waals surface area (Å²) in [7, 11) is -7.88. The monoisotopic (exact) mass is 652 g/mol. The zero-order valence-electron chi connectivity index (χ0n) is 21.8. The van der Waals surface area contributed by atoms with Crippen LogP contribution in [0.1, 0.15) is 24.7 Å². The van der Waals surface area contributed by atoms with E-state index in [1.54, 1.807) is 0 Å². The summed E-state index contributed by atoms with van der Waals surface area (Å²) in [6.45, 7) is -0.472. The molecule has 230 valence electrons. The zero-order chi connectivity index (χ0) is 31.7. The number of aromatic nitrogens is 3. The van der Waals surface area contributed by atoms with Gasteiger partial charge in [0.05, 0.1) is 29.4 Å². The van der Waals surface area contributed by atoms with E-state index in [-0.39, 0.29) is 16.8 Å². The minimum atomic E-state index is -4.82. The second kappa shape index (κ2) is 12.6. The fourth-order valence-corrected chi connectivity index (χ4v) is 6.41. The van der Waals surface area contributed by atoms with Crippen molar-refractivity contribution >= 4 is 24.2 Å². The standard InChI is InChI=1S/C24H20F6N5O6PS/c1-13-18(26)7-21(35(13)43(39,40)17-4-2-16(25)3-5-17)22(36)34(12-41-42(37)38)11-14-6-20(31-10-19(14)27)15-8-32-23(33-9-15)24(28,29)30/h2-6,8-10,13,18,21H,7,11-12H2,1H3/p+1/t13-,18+,21-/m0/s1. The fraction of sp³-hybridized carbons (Fsp3) is 0.333. The Labute approximate surface area is 241 Å². The average Bonchev–Trinajstić information content (AvgIpc) is 3.25. The van der Waals surface area contributed by atoms with Crippen LogP contribution < -0.4 is 0 Å². The second-order valence-electron chi connectivity index (χ2n) is 9.28. The molecule has 4 rings (SSSR count). The van der Waals surface area contributed by atoms with Gasteiger partial charge >= 0.3 is 14.4 Å². The van der Waals surface area contributed by atoms with Gasteiger partial charge in [0.2, 0.25) is 21.8 Å². The molecule has 3 heterocycles. The summed E-state index contributed by atoms with van der Waals surface area (Å²) in [4.78, 5) is 33.3. The number of halogens is 6. The number of nitrogens with zero attached hydrogens (tertiary/aromatic N) is 5. The third-order valence-corrected chi connectivity index (χ3v) is 8.83. The van der Waals surface area contributed by atoms with Crippen LogP contribution in [0.4, 0.5) is 26.3 Å². The van der Waals surface area contributed by atoms with Crippen LogP contribution in [0.25, 0.3) is 11.3 Å². The van der Waals surface area contributed by atoms with Gasteiger partial charge in [0.1, 0.15) is 23.8 Å². The number of alkyl halides is 4. The van der Waals surface area contributed by atoms with Crippen LogP contribution in [0.3, 0.4) is 0 Å². The van der Waals surface area contributed by atoms with Crippen LogP contribution >= 0.6 is 8.25 Å². The molecule has 3 aromatic rings. The first-order valence-electron chi connectivity index (χ1n) is 12.1. The van der Waals surface area contributed by atoms with Gasteiger partial charge in [-0.3, -0.25) is 9.78 Å². The Morgan fingerprint density at radius 1 is 1.14 bits per heavy atom. The van der Waals surface area contributed by atoms with Crippen LogP contribution in [0, 0.1) is 11.6 Å². The molecule has 0 aliphatic carbocycles. The van der Waals surface area contributed by atoms with E-state index in [1.807, 2.05) is 0 Å². The molecule has 2 aromatic heterocycles. The molecule has 0 bridgehead atoms. The Morgan fingerprint density at radius 3 is 2.35 bits per heavy atom. The Bertz CT molecular complexity index is 1610. The summed E-state index contributed by atoms with van der Waals surface area (Å²) < 4.78 is 125. The molecule has 11 nitrogen and oxygen atoms in total. The Hall–Kier alpha value is -3.57. The molecule has 4 atom stereocenters. The van der Waals surface area contributed by atoms with Gasteiger partial charge < -0.3 is 4.90 Å².